The minimum atomic E-state index is -0.340. The molecule has 0 radical (unpaired) electrons. The molecule has 1 N–H and O–H groups in total. The largest absolute Gasteiger partial charge is 0.488 e. The summed E-state index contributed by atoms with van der Waals surface area (Å²) in [6.45, 7) is 6.03. The van der Waals surface area contributed by atoms with Gasteiger partial charge in [0.25, 0.3) is 0 Å². The smallest absolute Gasteiger partial charge is 0.192 e. The van der Waals surface area contributed by atoms with E-state index in [2.05, 4.69) is 5.32 Å². The summed E-state index contributed by atoms with van der Waals surface area (Å²) in [4.78, 5) is 26.4. The van der Waals surface area contributed by atoms with Crippen molar-refractivity contribution in [3.05, 3.63) is 82.1 Å². The van der Waals surface area contributed by atoms with Crippen LogP contribution in [-0.2, 0) is 4.79 Å². The van der Waals surface area contributed by atoms with Crippen molar-refractivity contribution < 1.29 is 14.3 Å². The van der Waals surface area contributed by atoms with E-state index in [1.165, 1.54) is 0 Å². The number of rotatable bonds is 2. The maximum absolute atomic E-state index is 13.4. The lowest BCUT2D eigenvalue weighted by molar-refractivity contribution is -0.116. The lowest BCUT2D eigenvalue weighted by atomic mass is 9.75. The first kappa shape index (κ1) is 18.9. The predicted molar refractivity (Wildman–Crippen MR) is 116 cm³/mol. The van der Waals surface area contributed by atoms with E-state index in [1.54, 1.807) is 0 Å². The molecule has 0 saturated carbocycles. The number of hydrogen-bond acceptors (Lipinski definition) is 4. The second kappa shape index (κ2) is 6.69. The zero-order valence-corrected chi connectivity index (χ0v) is 17.5. The normalized spacial score (nSPS) is 20.6. The summed E-state index contributed by atoms with van der Waals surface area (Å²) in [6, 6.07) is 15.5. The Bertz CT molecular complexity index is 1130. The van der Waals surface area contributed by atoms with Crippen molar-refractivity contribution in [3.63, 3.8) is 0 Å². The quantitative estimate of drug-likeness (QED) is 0.757. The van der Waals surface area contributed by atoms with Gasteiger partial charge in [0.1, 0.15) is 11.4 Å². The molecule has 0 bridgehead atoms. The van der Waals surface area contributed by atoms with Crippen LogP contribution in [0.5, 0.6) is 5.75 Å². The summed E-state index contributed by atoms with van der Waals surface area (Å²) in [6.07, 6.45) is 2.20. The average molecular weight is 399 g/mol. The van der Waals surface area contributed by atoms with Gasteiger partial charge in [0.05, 0.1) is 5.70 Å². The third kappa shape index (κ3) is 2.98. The Hall–Kier alpha value is -3.14. The molecule has 5 rings (SSSR count). The van der Waals surface area contributed by atoms with Gasteiger partial charge in [0.15, 0.2) is 11.6 Å². The van der Waals surface area contributed by atoms with Crippen molar-refractivity contribution in [1.82, 2.24) is 5.32 Å². The van der Waals surface area contributed by atoms with Gasteiger partial charge in [-0.1, -0.05) is 36.4 Å². The van der Waals surface area contributed by atoms with Gasteiger partial charge in [-0.15, -0.1) is 0 Å². The van der Waals surface area contributed by atoms with E-state index in [0.717, 1.165) is 46.7 Å². The Morgan fingerprint density at radius 1 is 0.900 bits per heavy atom. The number of Topliss-reactive ketones (excluding diaryl/α,β-unsaturated/α-hetero) is 2. The van der Waals surface area contributed by atoms with Crippen molar-refractivity contribution in [1.29, 1.82) is 0 Å². The fourth-order valence-electron chi connectivity index (χ4n) is 4.75. The highest BCUT2D eigenvalue weighted by Crippen LogP contribution is 2.48. The molecule has 30 heavy (non-hydrogen) atoms. The molecule has 1 atom stereocenters. The van der Waals surface area contributed by atoms with Gasteiger partial charge in [-0.2, -0.15) is 0 Å². The number of benzene rings is 2. The summed E-state index contributed by atoms with van der Waals surface area (Å²) in [5.74, 6) is 0.587. The van der Waals surface area contributed by atoms with Gasteiger partial charge in [-0.05, 0) is 51.3 Å². The molecular weight excluding hydrogens is 374 g/mol. The van der Waals surface area contributed by atoms with Gasteiger partial charge in [0.2, 0.25) is 0 Å². The highest BCUT2D eigenvalue weighted by molar-refractivity contribution is 6.23. The summed E-state index contributed by atoms with van der Waals surface area (Å²) in [7, 11) is 0. The molecule has 4 heteroatoms. The van der Waals surface area contributed by atoms with Crippen LogP contribution in [0, 0.1) is 0 Å². The summed E-state index contributed by atoms with van der Waals surface area (Å²) < 4.78 is 5.96. The van der Waals surface area contributed by atoms with Crippen LogP contribution >= 0.6 is 0 Å². The van der Waals surface area contributed by atoms with Gasteiger partial charge in [-0.3, -0.25) is 9.59 Å². The molecular formula is C26H25NO3. The second-order valence-corrected chi connectivity index (χ2v) is 9.17. The third-order valence-corrected chi connectivity index (χ3v) is 5.90. The molecule has 0 aromatic heterocycles. The molecule has 0 amide bonds. The molecule has 0 fully saturated rings. The first-order chi connectivity index (χ1) is 14.3. The number of allylic oxidation sites excluding steroid dienone is 3. The summed E-state index contributed by atoms with van der Waals surface area (Å²) in [5, 5.41) is 3.47. The van der Waals surface area contributed by atoms with Gasteiger partial charge >= 0.3 is 0 Å². The maximum Gasteiger partial charge on any atom is 0.192 e. The van der Waals surface area contributed by atoms with Crippen LogP contribution in [0.25, 0.3) is 5.70 Å². The number of fused-ring (bicyclic) bond motifs is 2. The van der Waals surface area contributed by atoms with E-state index in [9.17, 15) is 9.59 Å². The molecule has 2 aromatic carbocycles. The van der Waals surface area contributed by atoms with Crippen LogP contribution in [-0.4, -0.2) is 17.2 Å². The number of ketones is 2. The standard InChI is InChI=1S/C26H25NO3/c1-26(2,3)30-16-13-11-15(12-14-16)21-22-19(9-6-10-20(22)28)27-24-17-7-4-5-8-18(17)25(29)23(21)24/h4-5,7-8,11-14,21,27H,6,9-10H2,1-3H3. The summed E-state index contributed by atoms with van der Waals surface area (Å²) in [5.41, 5.74) is 5.58. The van der Waals surface area contributed by atoms with Gasteiger partial charge in [0, 0.05) is 40.3 Å². The van der Waals surface area contributed by atoms with Gasteiger partial charge in [-0.25, -0.2) is 0 Å². The number of dihydropyridines is 1. The van der Waals surface area contributed by atoms with Crippen LogP contribution < -0.4 is 10.1 Å². The molecule has 2 aromatic rings. The third-order valence-electron chi connectivity index (χ3n) is 5.90. The molecule has 1 unspecified atom stereocenters. The van der Waals surface area contributed by atoms with E-state index < -0.39 is 0 Å². The Kier molecular flexibility index (Phi) is 4.21. The Morgan fingerprint density at radius 3 is 2.30 bits per heavy atom. The van der Waals surface area contributed by atoms with Crippen LogP contribution in [0.4, 0.5) is 0 Å². The molecule has 1 heterocycles. The minimum Gasteiger partial charge on any atom is -0.488 e. The first-order valence-electron chi connectivity index (χ1n) is 10.5. The molecule has 4 nitrogen and oxygen atoms in total. The van der Waals surface area contributed by atoms with Crippen molar-refractivity contribution >= 4 is 17.3 Å². The van der Waals surface area contributed by atoms with Crippen molar-refractivity contribution in [3.8, 4) is 5.75 Å². The zero-order valence-electron chi connectivity index (χ0n) is 17.5. The molecule has 3 aliphatic rings. The van der Waals surface area contributed by atoms with E-state index in [1.807, 2.05) is 69.3 Å². The SMILES string of the molecule is CC(C)(C)Oc1ccc(C2C3=C(CCCC3=O)NC3=C2C(=O)c2ccccc23)cc1. The Balaban J connectivity index is 1.64. The molecule has 152 valence electrons. The average Bonchev–Trinajstić information content (AvgIpc) is 2.99. The topological polar surface area (TPSA) is 55.4 Å². The van der Waals surface area contributed by atoms with Gasteiger partial charge < -0.3 is 10.1 Å². The highest BCUT2D eigenvalue weighted by atomic mass is 16.5. The fourth-order valence-corrected chi connectivity index (χ4v) is 4.75. The predicted octanol–water partition coefficient (Wildman–Crippen LogP) is 5.17. The number of hydrogen-bond donors (Lipinski definition) is 1. The van der Waals surface area contributed by atoms with E-state index in [0.29, 0.717) is 17.6 Å². The van der Waals surface area contributed by atoms with Crippen LogP contribution in [0.15, 0.2) is 65.4 Å². The first-order valence-corrected chi connectivity index (χ1v) is 10.5. The van der Waals surface area contributed by atoms with E-state index >= 15 is 0 Å². The minimum absolute atomic E-state index is 0.0121. The lowest BCUT2D eigenvalue weighted by Gasteiger charge is -2.33. The monoisotopic (exact) mass is 399 g/mol. The van der Waals surface area contributed by atoms with E-state index in [4.69, 9.17) is 4.74 Å². The molecule has 0 saturated heterocycles. The van der Waals surface area contributed by atoms with Crippen LogP contribution in [0.1, 0.15) is 67.4 Å². The number of nitrogens with one attached hydrogen (secondary N) is 1. The zero-order chi connectivity index (χ0) is 21.0. The molecule has 0 spiro atoms. The molecule has 2 aliphatic carbocycles. The Labute approximate surface area is 176 Å². The van der Waals surface area contributed by atoms with Crippen LogP contribution in [0.2, 0.25) is 0 Å². The molecule has 1 aliphatic heterocycles. The number of carbonyl (C=O) groups is 2. The number of ether oxygens (including phenoxy) is 1. The van der Waals surface area contributed by atoms with Crippen molar-refractivity contribution in [2.24, 2.45) is 0 Å². The van der Waals surface area contributed by atoms with Crippen LogP contribution in [0.3, 0.4) is 0 Å². The summed E-state index contributed by atoms with van der Waals surface area (Å²) >= 11 is 0. The second-order valence-electron chi connectivity index (χ2n) is 9.17. The lowest BCUT2D eigenvalue weighted by Crippen LogP contribution is -2.31. The van der Waals surface area contributed by atoms with Crippen molar-refractivity contribution in [2.75, 3.05) is 0 Å². The number of carbonyl (C=O) groups excluding carboxylic acids is 2. The van der Waals surface area contributed by atoms with Crippen molar-refractivity contribution in [2.45, 2.75) is 51.6 Å². The maximum atomic E-state index is 13.4. The fraction of sp³-hybridized carbons (Fsp3) is 0.308. The highest BCUT2D eigenvalue weighted by Gasteiger charge is 2.43. The van der Waals surface area contributed by atoms with E-state index in [-0.39, 0.29) is 23.1 Å². The Morgan fingerprint density at radius 2 is 1.60 bits per heavy atom.